The predicted octanol–water partition coefficient (Wildman–Crippen LogP) is 6.41. The van der Waals surface area contributed by atoms with Crippen molar-refractivity contribution in [3.63, 3.8) is 0 Å². The lowest BCUT2D eigenvalue weighted by Crippen LogP contribution is -2.54. The second-order valence-electron chi connectivity index (χ2n) is 20.6. The Kier molecular flexibility index (Phi) is 20.0. The molecule has 0 amide bonds. The number of nitrogens with zero attached hydrogens (tertiary/aromatic N) is 3. The van der Waals surface area contributed by atoms with E-state index in [1.54, 1.807) is 126 Å². The van der Waals surface area contributed by atoms with E-state index in [9.17, 15) is 33.9 Å². The summed E-state index contributed by atoms with van der Waals surface area (Å²) in [6.45, 7) is 23.8. The maximum absolute atomic E-state index is 13.6. The molecule has 1 atom stereocenters. The maximum Gasteiger partial charge on any atom is 0.339 e. The summed E-state index contributed by atoms with van der Waals surface area (Å²) >= 11 is 0. The summed E-state index contributed by atoms with van der Waals surface area (Å²) in [5.41, 5.74) is -2.93. The van der Waals surface area contributed by atoms with E-state index in [-0.39, 0.29) is 57.2 Å². The van der Waals surface area contributed by atoms with Crippen LogP contribution in [0.4, 0.5) is 0 Å². The first kappa shape index (κ1) is 55.1. The molecular formula is C48H73N3O13. The van der Waals surface area contributed by atoms with Crippen LogP contribution in [0.25, 0.3) is 11.1 Å². The summed E-state index contributed by atoms with van der Waals surface area (Å²) in [6, 6.07) is 13.1. The number of ether oxygens (including phenoxy) is 6. The van der Waals surface area contributed by atoms with Crippen LogP contribution in [0, 0.1) is 0 Å². The molecule has 0 unspecified atom stereocenters. The number of hydrogen-bond acceptors (Lipinski definition) is 15. The topological polar surface area (TPSA) is 188 Å². The number of esters is 5. The molecule has 2 rings (SSSR count). The van der Waals surface area contributed by atoms with Crippen molar-refractivity contribution in [2.24, 2.45) is 0 Å². The fraction of sp³-hybridized carbons (Fsp3) is 0.625. The second kappa shape index (κ2) is 23.2. The molecular weight excluding hydrogens is 827 g/mol. The van der Waals surface area contributed by atoms with Crippen molar-refractivity contribution < 1.29 is 62.3 Å². The monoisotopic (exact) mass is 900 g/mol. The zero-order valence-electron chi connectivity index (χ0n) is 40.7. The lowest BCUT2D eigenvalue weighted by atomic mass is 10.0. The van der Waals surface area contributed by atoms with Crippen molar-refractivity contribution in [3.8, 4) is 16.9 Å². The van der Waals surface area contributed by atoms with Crippen molar-refractivity contribution in [3.05, 3.63) is 54.1 Å². The Morgan fingerprint density at radius 2 is 0.875 bits per heavy atom. The summed E-state index contributed by atoms with van der Waals surface area (Å²) in [5.74, 6) is -4.34. The lowest BCUT2D eigenvalue weighted by Gasteiger charge is -2.36. The molecule has 0 saturated carbocycles. The minimum absolute atomic E-state index is 0.0197. The van der Waals surface area contributed by atoms with Crippen LogP contribution >= 0.6 is 0 Å². The number of carbonyl (C=O) groups is 6. The average Bonchev–Trinajstić information content (AvgIpc) is 3.08. The molecule has 0 spiro atoms. The Morgan fingerprint density at radius 1 is 0.500 bits per heavy atom. The van der Waals surface area contributed by atoms with Gasteiger partial charge in [-0.3, -0.25) is 38.7 Å². The van der Waals surface area contributed by atoms with Crippen LogP contribution in [0.1, 0.15) is 114 Å². The summed E-state index contributed by atoms with van der Waals surface area (Å²) in [5, 5.41) is 10.3. The van der Waals surface area contributed by atoms with Crippen LogP contribution < -0.4 is 4.74 Å². The van der Waals surface area contributed by atoms with E-state index < -0.39 is 83.0 Å². The lowest BCUT2D eigenvalue weighted by molar-refractivity contribution is -0.163. The average molecular weight is 900 g/mol. The number of carboxylic acids is 1. The molecule has 64 heavy (non-hydrogen) atoms. The number of hydrogen-bond donors (Lipinski definition) is 1. The Balaban J connectivity index is 2.73. The third-order valence-corrected chi connectivity index (χ3v) is 8.29. The first-order chi connectivity index (χ1) is 29.2. The minimum atomic E-state index is -1.25. The highest BCUT2D eigenvalue weighted by Gasteiger charge is 2.33. The van der Waals surface area contributed by atoms with Crippen molar-refractivity contribution in [1.29, 1.82) is 0 Å². The Bertz CT molecular complexity index is 1820. The van der Waals surface area contributed by atoms with Gasteiger partial charge in [0.2, 0.25) is 0 Å². The van der Waals surface area contributed by atoms with E-state index in [4.69, 9.17) is 28.4 Å². The van der Waals surface area contributed by atoms with E-state index in [1.165, 1.54) is 11.0 Å². The van der Waals surface area contributed by atoms with Gasteiger partial charge in [-0.05, 0) is 127 Å². The van der Waals surface area contributed by atoms with Gasteiger partial charge in [-0.15, -0.1) is 0 Å². The van der Waals surface area contributed by atoms with Gasteiger partial charge in [-0.2, -0.15) is 0 Å². The zero-order chi connectivity index (χ0) is 48.8. The molecule has 16 nitrogen and oxygen atoms in total. The van der Waals surface area contributed by atoms with Crippen molar-refractivity contribution in [1.82, 2.24) is 14.7 Å². The smallest absolute Gasteiger partial charge is 0.339 e. The molecule has 0 aromatic heterocycles. The first-order valence-electron chi connectivity index (χ1n) is 21.5. The van der Waals surface area contributed by atoms with Crippen LogP contribution in [0.5, 0.6) is 5.75 Å². The van der Waals surface area contributed by atoms with Crippen LogP contribution in [0.3, 0.4) is 0 Å². The van der Waals surface area contributed by atoms with Crippen molar-refractivity contribution in [2.45, 2.75) is 138 Å². The normalized spacial score (nSPS) is 13.0. The van der Waals surface area contributed by atoms with Crippen molar-refractivity contribution >= 4 is 35.8 Å². The molecule has 0 radical (unpaired) electrons. The predicted molar refractivity (Wildman–Crippen MR) is 242 cm³/mol. The van der Waals surface area contributed by atoms with Crippen LogP contribution in [-0.2, 0) is 47.7 Å². The first-order valence-corrected chi connectivity index (χ1v) is 21.5. The number of carboxylic acid groups (broad SMARTS) is 1. The number of rotatable bonds is 21. The van der Waals surface area contributed by atoms with Crippen molar-refractivity contribution in [2.75, 3.05) is 59.0 Å². The Hall–Kier alpha value is -5.06. The van der Waals surface area contributed by atoms with E-state index in [0.717, 1.165) is 5.56 Å². The highest BCUT2D eigenvalue weighted by molar-refractivity contribution is 5.92. The molecule has 0 aliphatic carbocycles. The van der Waals surface area contributed by atoms with Gasteiger partial charge in [0, 0.05) is 19.6 Å². The standard InChI is InChI=1S/C48H73N3O13/c1-44(2,3)60-38(52)27-49(23-24-50(28-39(53)61-45(4,5)6)29-40(54)62-46(7,8)9)26-35(51(30-41(55)63-47(10,11)12)31-42(56)64-48(13,14)15)32-59-37-22-21-34(25-36(37)43(57)58)33-19-17-16-18-20-33/h16-22,25,35H,23-24,26-32H2,1-15H3,(H,57,58)/t35-/m1/s1. The molecule has 0 heterocycles. The van der Waals surface area contributed by atoms with Gasteiger partial charge >= 0.3 is 35.8 Å². The molecule has 2 aromatic carbocycles. The molecule has 0 fully saturated rings. The SMILES string of the molecule is CC(C)(C)OC(=O)CN(CCN(CC(=O)OC(C)(C)C)C[C@H](COc1ccc(-c2ccccc2)cc1C(=O)O)N(CC(=O)OC(C)(C)C)CC(=O)OC(C)(C)C)CC(=O)OC(C)(C)C. The number of aromatic carboxylic acids is 1. The second-order valence-corrected chi connectivity index (χ2v) is 20.6. The molecule has 0 saturated heterocycles. The number of carbonyl (C=O) groups excluding carboxylic acids is 5. The summed E-state index contributed by atoms with van der Waals surface area (Å²) in [7, 11) is 0. The van der Waals surface area contributed by atoms with Gasteiger partial charge in [0.05, 0.1) is 38.8 Å². The Labute approximate surface area is 379 Å². The van der Waals surface area contributed by atoms with E-state index in [0.29, 0.717) is 5.56 Å². The van der Waals surface area contributed by atoms with Crippen LogP contribution in [-0.4, -0.2) is 149 Å². The van der Waals surface area contributed by atoms with Gasteiger partial charge in [0.15, 0.2) is 0 Å². The minimum Gasteiger partial charge on any atom is -0.491 e. The highest BCUT2D eigenvalue weighted by atomic mass is 16.6. The largest absolute Gasteiger partial charge is 0.491 e. The number of benzene rings is 2. The molecule has 1 N–H and O–H groups in total. The molecule has 2 aromatic rings. The molecule has 0 bridgehead atoms. The fourth-order valence-corrected chi connectivity index (χ4v) is 6.18. The quantitative estimate of drug-likeness (QED) is 0.107. The zero-order valence-corrected chi connectivity index (χ0v) is 40.7. The molecule has 358 valence electrons. The van der Waals surface area contributed by atoms with Gasteiger partial charge in [-0.25, -0.2) is 4.79 Å². The summed E-state index contributed by atoms with van der Waals surface area (Å²) < 4.78 is 34.5. The van der Waals surface area contributed by atoms with Crippen LogP contribution in [0.15, 0.2) is 48.5 Å². The van der Waals surface area contributed by atoms with Gasteiger partial charge in [0.25, 0.3) is 0 Å². The third kappa shape index (κ3) is 23.6. The van der Waals surface area contributed by atoms with E-state index >= 15 is 0 Å². The summed E-state index contributed by atoms with van der Waals surface area (Å²) in [6.07, 6.45) is 0. The van der Waals surface area contributed by atoms with E-state index in [1.807, 2.05) is 30.3 Å². The Morgan fingerprint density at radius 3 is 1.27 bits per heavy atom. The molecule has 0 aliphatic heterocycles. The maximum atomic E-state index is 13.6. The summed E-state index contributed by atoms with van der Waals surface area (Å²) in [4.78, 5) is 84.3. The fourth-order valence-electron chi connectivity index (χ4n) is 6.18. The van der Waals surface area contributed by atoms with Crippen LogP contribution in [0.2, 0.25) is 0 Å². The van der Waals surface area contributed by atoms with Gasteiger partial charge < -0.3 is 33.5 Å². The highest BCUT2D eigenvalue weighted by Crippen LogP contribution is 2.28. The van der Waals surface area contributed by atoms with E-state index in [2.05, 4.69) is 0 Å². The molecule has 16 heteroatoms. The van der Waals surface area contributed by atoms with Gasteiger partial charge in [0.1, 0.15) is 45.9 Å². The molecule has 0 aliphatic rings. The van der Waals surface area contributed by atoms with Gasteiger partial charge in [-0.1, -0.05) is 36.4 Å². The third-order valence-electron chi connectivity index (χ3n) is 8.29.